The molecule has 2 atom stereocenters. The van der Waals surface area contributed by atoms with E-state index in [1.807, 2.05) is 0 Å². The number of hydrogen-bond acceptors (Lipinski definition) is 4. The monoisotopic (exact) mass is 243 g/mol. The van der Waals surface area contributed by atoms with E-state index in [-0.39, 0.29) is 12.0 Å². The third-order valence-electron chi connectivity index (χ3n) is 4.08. The van der Waals surface area contributed by atoms with Gasteiger partial charge >= 0.3 is 5.97 Å². The van der Waals surface area contributed by atoms with Gasteiger partial charge < -0.3 is 19.9 Å². The van der Waals surface area contributed by atoms with E-state index < -0.39 is 11.5 Å². The van der Waals surface area contributed by atoms with Crippen LogP contribution in [0.1, 0.15) is 25.7 Å². The van der Waals surface area contributed by atoms with Crippen molar-refractivity contribution in [1.82, 2.24) is 5.32 Å². The third kappa shape index (κ3) is 2.46. The van der Waals surface area contributed by atoms with Crippen molar-refractivity contribution in [3.63, 3.8) is 0 Å². The number of ether oxygens (including phenoxy) is 2. The maximum Gasteiger partial charge on any atom is 0.324 e. The van der Waals surface area contributed by atoms with Crippen molar-refractivity contribution in [2.75, 3.05) is 26.9 Å². The Morgan fingerprint density at radius 1 is 1.59 bits per heavy atom. The molecule has 2 fully saturated rings. The van der Waals surface area contributed by atoms with Gasteiger partial charge in [0.2, 0.25) is 0 Å². The minimum atomic E-state index is -0.737. The molecule has 1 heterocycles. The molecule has 1 aliphatic carbocycles. The highest BCUT2D eigenvalue weighted by molar-refractivity contribution is 5.79. The van der Waals surface area contributed by atoms with Crippen molar-refractivity contribution in [1.29, 1.82) is 0 Å². The topological polar surface area (TPSA) is 67.8 Å². The number of nitrogens with one attached hydrogen (secondary N) is 1. The average Bonchev–Trinajstić information content (AvgIpc) is 2.66. The fraction of sp³-hybridized carbons (Fsp3) is 0.917. The van der Waals surface area contributed by atoms with Gasteiger partial charge in [-0.25, -0.2) is 0 Å². The van der Waals surface area contributed by atoms with Crippen molar-refractivity contribution in [3.05, 3.63) is 0 Å². The highest BCUT2D eigenvalue weighted by atomic mass is 16.6. The zero-order valence-corrected chi connectivity index (χ0v) is 10.3. The van der Waals surface area contributed by atoms with Gasteiger partial charge in [-0.05, 0) is 32.2 Å². The zero-order valence-electron chi connectivity index (χ0n) is 10.3. The summed E-state index contributed by atoms with van der Waals surface area (Å²) in [5.41, 5.74) is -0.737. The molecule has 0 bridgehead atoms. The molecule has 0 aromatic rings. The van der Waals surface area contributed by atoms with Gasteiger partial charge in [0.1, 0.15) is 11.6 Å². The Bertz CT molecular complexity index is 280. The lowest BCUT2D eigenvalue weighted by Gasteiger charge is -2.32. The van der Waals surface area contributed by atoms with E-state index >= 15 is 0 Å². The Hall–Kier alpha value is -0.650. The lowest BCUT2D eigenvalue weighted by atomic mass is 9.85. The van der Waals surface area contributed by atoms with Gasteiger partial charge in [0.25, 0.3) is 0 Å². The van der Waals surface area contributed by atoms with E-state index in [0.717, 1.165) is 25.7 Å². The van der Waals surface area contributed by atoms with Gasteiger partial charge in [0.05, 0.1) is 13.2 Å². The van der Waals surface area contributed by atoms with Crippen LogP contribution in [0, 0.1) is 5.92 Å². The van der Waals surface area contributed by atoms with Gasteiger partial charge in [-0.1, -0.05) is 6.42 Å². The van der Waals surface area contributed by atoms with Crippen LogP contribution in [0.3, 0.4) is 0 Å². The normalized spacial score (nSPS) is 33.6. The smallest absolute Gasteiger partial charge is 0.324 e. The lowest BCUT2D eigenvalue weighted by molar-refractivity contribution is -0.148. The second kappa shape index (κ2) is 5.33. The van der Waals surface area contributed by atoms with Crippen LogP contribution in [0.15, 0.2) is 0 Å². The van der Waals surface area contributed by atoms with Crippen molar-refractivity contribution >= 4 is 5.97 Å². The molecule has 0 aromatic carbocycles. The van der Waals surface area contributed by atoms with E-state index in [1.54, 1.807) is 7.05 Å². The maximum absolute atomic E-state index is 11.4. The average molecular weight is 243 g/mol. The summed E-state index contributed by atoms with van der Waals surface area (Å²) < 4.78 is 10.6. The summed E-state index contributed by atoms with van der Waals surface area (Å²) in [6.07, 6.45) is 3.70. The molecule has 1 saturated heterocycles. The Balaban J connectivity index is 1.83. The molecule has 5 heteroatoms. The van der Waals surface area contributed by atoms with Crippen LogP contribution in [-0.2, 0) is 14.3 Å². The number of likely N-dealkylation sites (N-methyl/N-ethyl adjacent to an activating group) is 1. The van der Waals surface area contributed by atoms with Crippen molar-refractivity contribution in [2.45, 2.75) is 37.3 Å². The molecule has 0 aromatic heterocycles. The first-order chi connectivity index (χ1) is 8.19. The molecular weight excluding hydrogens is 222 g/mol. The highest BCUT2D eigenvalue weighted by Gasteiger charge is 2.47. The first-order valence-corrected chi connectivity index (χ1v) is 6.30. The summed E-state index contributed by atoms with van der Waals surface area (Å²) in [5, 5.41) is 12.4. The summed E-state index contributed by atoms with van der Waals surface area (Å²) in [6, 6.07) is 0. The van der Waals surface area contributed by atoms with Crippen LogP contribution in [-0.4, -0.2) is 49.6 Å². The quantitative estimate of drug-likeness (QED) is 0.716. The Labute approximate surface area is 101 Å². The van der Waals surface area contributed by atoms with Crippen LogP contribution in [0.4, 0.5) is 0 Å². The third-order valence-corrected chi connectivity index (χ3v) is 4.08. The van der Waals surface area contributed by atoms with E-state index in [9.17, 15) is 9.90 Å². The number of hydrogen-bond donors (Lipinski definition) is 2. The van der Waals surface area contributed by atoms with E-state index in [1.165, 1.54) is 0 Å². The molecule has 2 unspecified atom stereocenters. The van der Waals surface area contributed by atoms with Gasteiger partial charge in [-0.2, -0.15) is 0 Å². The first-order valence-electron chi connectivity index (χ1n) is 6.30. The number of carboxylic acids is 1. The van der Waals surface area contributed by atoms with Crippen molar-refractivity contribution in [2.24, 2.45) is 5.92 Å². The zero-order chi connectivity index (χ0) is 12.3. The van der Waals surface area contributed by atoms with Crippen LogP contribution in [0.2, 0.25) is 0 Å². The highest BCUT2D eigenvalue weighted by Crippen LogP contribution is 2.38. The minimum Gasteiger partial charge on any atom is -0.480 e. The van der Waals surface area contributed by atoms with Crippen molar-refractivity contribution < 1.29 is 19.4 Å². The summed E-state index contributed by atoms with van der Waals surface area (Å²) in [6.45, 7) is 2.00. The van der Waals surface area contributed by atoms with Gasteiger partial charge in [0, 0.05) is 6.61 Å². The van der Waals surface area contributed by atoms with E-state index in [4.69, 9.17) is 9.47 Å². The largest absolute Gasteiger partial charge is 0.480 e. The standard InChI is InChI=1S/C12H21NO4/c1-13-12(11(14)15)5-2-3-9(12)4-6-17-10-7-16-8-10/h9-10,13H,2-8H2,1H3,(H,14,15). The predicted molar refractivity (Wildman–Crippen MR) is 61.9 cm³/mol. The molecular formula is C12H21NO4. The molecule has 2 rings (SSSR count). The Morgan fingerprint density at radius 3 is 2.88 bits per heavy atom. The molecule has 2 aliphatic rings. The van der Waals surface area contributed by atoms with E-state index in [2.05, 4.69) is 5.32 Å². The molecule has 0 amide bonds. The van der Waals surface area contributed by atoms with Gasteiger partial charge in [-0.3, -0.25) is 4.79 Å². The van der Waals surface area contributed by atoms with Crippen LogP contribution >= 0.6 is 0 Å². The van der Waals surface area contributed by atoms with Gasteiger partial charge in [0.15, 0.2) is 0 Å². The number of aliphatic carboxylic acids is 1. The fourth-order valence-corrected chi connectivity index (χ4v) is 2.87. The minimum absolute atomic E-state index is 0.172. The summed E-state index contributed by atoms with van der Waals surface area (Å²) in [4.78, 5) is 11.4. The first kappa shape index (κ1) is 12.8. The molecule has 1 saturated carbocycles. The number of carbonyl (C=O) groups is 1. The van der Waals surface area contributed by atoms with Crippen LogP contribution < -0.4 is 5.32 Å². The molecule has 1 aliphatic heterocycles. The molecule has 2 N–H and O–H groups in total. The Morgan fingerprint density at radius 2 is 2.35 bits per heavy atom. The second-order valence-corrected chi connectivity index (χ2v) is 4.93. The maximum atomic E-state index is 11.4. The number of rotatable bonds is 6. The molecule has 5 nitrogen and oxygen atoms in total. The molecule has 0 radical (unpaired) electrons. The number of carboxylic acid groups (broad SMARTS) is 1. The summed E-state index contributed by atoms with van der Waals surface area (Å²) in [7, 11) is 1.74. The fourth-order valence-electron chi connectivity index (χ4n) is 2.87. The van der Waals surface area contributed by atoms with Crippen LogP contribution in [0.25, 0.3) is 0 Å². The molecule has 0 spiro atoms. The second-order valence-electron chi connectivity index (χ2n) is 4.93. The predicted octanol–water partition coefficient (Wildman–Crippen LogP) is 0.635. The van der Waals surface area contributed by atoms with Crippen LogP contribution in [0.5, 0.6) is 0 Å². The molecule has 17 heavy (non-hydrogen) atoms. The van der Waals surface area contributed by atoms with Crippen molar-refractivity contribution in [3.8, 4) is 0 Å². The SMILES string of the molecule is CNC1(C(=O)O)CCCC1CCOC1COC1. The Kier molecular flexibility index (Phi) is 4.01. The molecule has 98 valence electrons. The summed E-state index contributed by atoms with van der Waals surface area (Å²) >= 11 is 0. The van der Waals surface area contributed by atoms with Gasteiger partial charge in [-0.15, -0.1) is 0 Å². The van der Waals surface area contributed by atoms with E-state index in [0.29, 0.717) is 19.8 Å². The summed E-state index contributed by atoms with van der Waals surface area (Å²) in [5.74, 6) is -0.555. The lowest BCUT2D eigenvalue weighted by Crippen LogP contribution is -2.53.